The summed E-state index contributed by atoms with van der Waals surface area (Å²) in [5.41, 5.74) is 4.64. The van der Waals surface area contributed by atoms with Gasteiger partial charge in [-0.3, -0.25) is 0 Å². The molecule has 0 saturated heterocycles. The number of alkyl halides is 3. The average molecular weight is 255 g/mol. The Bertz CT molecular complexity index is 575. The van der Waals surface area contributed by atoms with E-state index in [-0.39, 0.29) is 16.8 Å². The van der Waals surface area contributed by atoms with E-state index in [0.717, 1.165) is 12.1 Å². The van der Waals surface area contributed by atoms with Crippen molar-refractivity contribution in [2.45, 2.75) is 6.18 Å². The Kier molecular flexibility index (Phi) is 2.98. The molecule has 2 aromatic rings. The molecule has 0 aliphatic heterocycles. The zero-order valence-electron chi connectivity index (χ0n) is 9.13. The zero-order chi connectivity index (χ0) is 13.3. The van der Waals surface area contributed by atoms with Crippen LogP contribution in [0, 0.1) is 5.82 Å². The summed E-state index contributed by atoms with van der Waals surface area (Å²) in [6, 6.07) is 8.63. The fraction of sp³-hybridized carbons (Fsp3) is 0.0769. The molecule has 94 valence electrons. The topological polar surface area (TPSA) is 26.0 Å². The molecule has 0 amide bonds. The zero-order valence-corrected chi connectivity index (χ0v) is 9.13. The fourth-order valence-electron chi connectivity index (χ4n) is 1.69. The molecule has 0 heterocycles. The number of halogens is 4. The van der Waals surface area contributed by atoms with Gasteiger partial charge in [0.25, 0.3) is 0 Å². The van der Waals surface area contributed by atoms with Crippen LogP contribution in [-0.2, 0) is 6.18 Å². The van der Waals surface area contributed by atoms with E-state index in [2.05, 4.69) is 0 Å². The molecule has 2 rings (SSSR count). The molecule has 5 heteroatoms. The van der Waals surface area contributed by atoms with Crippen molar-refractivity contribution < 1.29 is 17.6 Å². The van der Waals surface area contributed by atoms with E-state index < -0.39 is 17.6 Å². The summed E-state index contributed by atoms with van der Waals surface area (Å²) in [7, 11) is 0. The molecule has 18 heavy (non-hydrogen) atoms. The van der Waals surface area contributed by atoms with Crippen molar-refractivity contribution in [3.05, 3.63) is 53.8 Å². The SMILES string of the molecule is Nc1cc(-c2ccccc2C(F)(F)F)ccc1F. The highest BCUT2D eigenvalue weighted by molar-refractivity contribution is 5.71. The van der Waals surface area contributed by atoms with Crippen LogP contribution in [0.3, 0.4) is 0 Å². The molecule has 0 unspecified atom stereocenters. The molecule has 0 spiro atoms. The second-order valence-corrected chi connectivity index (χ2v) is 3.78. The normalized spacial score (nSPS) is 11.6. The average Bonchev–Trinajstić information content (AvgIpc) is 2.32. The van der Waals surface area contributed by atoms with Crippen LogP contribution >= 0.6 is 0 Å². The second kappa shape index (κ2) is 4.33. The number of rotatable bonds is 1. The second-order valence-electron chi connectivity index (χ2n) is 3.78. The molecule has 2 aromatic carbocycles. The van der Waals surface area contributed by atoms with Gasteiger partial charge in [0.15, 0.2) is 0 Å². The van der Waals surface area contributed by atoms with Gasteiger partial charge in [0.05, 0.1) is 11.3 Å². The molecule has 2 N–H and O–H groups in total. The maximum Gasteiger partial charge on any atom is 0.417 e. The molecule has 0 fully saturated rings. The van der Waals surface area contributed by atoms with E-state index >= 15 is 0 Å². The minimum absolute atomic E-state index is 0.0169. The molecule has 0 radical (unpaired) electrons. The maximum absolute atomic E-state index is 13.0. The minimum atomic E-state index is -4.46. The number of nitrogens with two attached hydrogens (primary N) is 1. The van der Waals surface area contributed by atoms with Crippen molar-refractivity contribution in [1.29, 1.82) is 0 Å². The van der Waals surface area contributed by atoms with Crippen molar-refractivity contribution >= 4 is 5.69 Å². The van der Waals surface area contributed by atoms with Crippen molar-refractivity contribution in [2.75, 3.05) is 5.73 Å². The van der Waals surface area contributed by atoms with Crippen LogP contribution < -0.4 is 5.73 Å². The summed E-state index contributed by atoms with van der Waals surface area (Å²) >= 11 is 0. The molecule has 0 atom stereocenters. The van der Waals surface area contributed by atoms with Gasteiger partial charge in [0.1, 0.15) is 5.82 Å². The van der Waals surface area contributed by atoms with Crippen LogP contribution in [0.15, 0.2) is 42.5 Å². The van der Waals surface area contributed by atoms with Crippen molar-refractivity contribution in [2.24, 2.45) is 0 Å². The molecule has 0 aromatic heterocycles. The summed E-state index contributed by atoms with van der Waals surface area (Å²) in [5, 5.41) is 0. The summed E-state index contributed by atoms with van der Waals surface area (Å²) in [4.78, 5) is 0. The van der Waals surface area contributed by atoms with E-state index in [0.29, 0.717) is 0 Å². The predicted octanol–water partition coefficient (Wildman–Crippen LogP) is 4.09. The minimum Gasteiger partial charge on any atom is -0.396 e. The van der Waals surface area contributed by atoms with Gasteiger partial charge in [-0.15, -0.1) is 0 Å². The lowest BCUT2D eigenvalue weighted by Gasteiger charge is -2.13. The Morgan fingerprint density at radius 3 is 2.22 bits per heavy atom. The highest BCUT2D eigenvalue weighted by Crippen LogP contribution is 2.37. The predicted molar refractivity (Wildman–Crippen MR) is 61.3 cm³/mol. The first-order valence-electron chi connectivity index (χ1n) is 5.11. The Balaban J connectivity index is 2.61. The first-order valence-corrected chi connectivity index (χ1v) is 5.11. The van der Waals surface area contributed by atoms with Crippen LogP contribution in [-0.4, -0.2) is 0 Å². The third-order valence-electron chi connectivity index (χ3n) is 2.54. The lowest BCUT2D eigenvalue weighted by Crippen LogP contribution is -2.07. The Hall–Kier alpha value is -2.04. The smallest absolute Gasteiger partial charge is 0.396 e. The molecule has 0 saturated carbocycles. The van der Waals surface area contributed by atoms with Gasteiger partial charge in [-0.05, 0) is 29.3 Å². The van der Waals surface area contributed by atoms with Gasteiger partial charge in [0.2, 0.25) is 0 Å². The Labute approximate surface area is 101 Å². The fourth-order valence-corrected chi connectivity index (χ4v) is 1.69. The van der Waals surface area contributed by atoms with Crippen molar-refractivity contribution in [1.82, 2.24) is 0 Å². The number of benzene rings is 2. The third-order valence-corrected chi connectivity index (χ3v) is 2.54. The third kappa shape index (κ3) is 2.30. The lowest BCUT2D eigenvalue weighted by atomic mass is 9.99. The van der Waals surface area contributed by atoms with Gasteiger partial charge >= 0.3 is 6.18 Å². The quantitative estimate of drug-likeness (QED) is 0.602. The number of nitrogen functional groups attached to an aromatic ring is 1. The van der Waals surface area contributed by atoms with Crippen LogP contribution in [0.5, 0.6) is 0 Å². The first-order chi connectivity index (χ1) is 8.39. The molecule has 0 aliphatic rings. The lowest BCUT2D eigenvalue weighted by molar-refractivity contribution is -0.137. The molecule has 0 aliphatic carbocycles. The summed E-state index contributed by atoms with van der Waals surface area (Å²) in [5.74, 6) is -0.650. The first kappa shape index (κ1) is 12.4. The standard InChI is InChI=1S/C13H9F4N/c14-11-6-5-8(7-12(11)18)9-3-1-2-4-10(9)13(15,16)17/h1-7H,18H2. The van der Waals surface area contributed by atoms with Gasteiger partial charge in [-0.25, -0.2) is 4.39 Å². The Morgan fingerprint density at radius 1 is 0.944 bits per heavy atom. The van der Waals surface area contributed by atoms with Crippen molar-refractivity contribution in [3.8, 4) is 11.1 Å². The van der Waals surface area contributed by atoms with E-state index in [9.17, 15) is 17.6 Å². The summed E-state index contributed by atoms with van der Waals surface area (Å²) < 4.78 is 51.4. The summed E-state index contributed by atoms with van der Waals surface area (Å²) in [6.07, 6.45) is -4.46. The molecular weight excluding hydrogens is 246 g/mol. The van der Waals surface area contributed by atoms with Crippen LogP contribution in [0.25, 0.3) is 11.1 Å². The van der Waals surface area contributed by atoms with E-state index in [4.69, 9.17) is 5.73 Å². The number of hydrogen-bond donors (Lipinski definition) is 1. The van der Waals surface area contributed by atoms with Crippen LogP contribution in [0.1, 0.15) is 5.56 Å². The van der Waals surface area contributed by atoms with Gasteiger partial charge < -0.3 is 5.73 Å². The highest BCUT2D eigenvalue weighted by Gasteiger charge is 2.33. The molecule has 1 nitrogen and oxygen atoms in total. The van der Waals surface area contributed by atoms with Crippen LogP contribution in [0.2, 0.25) is 0 Å². The van der Waals surface area contributed by atoms with Gasteiger partial charge in [0, 0.05) is 0 Å². The Morgan fingerprint density at radius 2 is 1.61 bits per heavy atom. The summed E-state index contributed by atoms with van der Waals surface area (Å²) in [6.45, 7) is 0. The number of anilines is 1. The molecule has 0 bridgehead atoms. The van der Waals surface area contributed by atoms with Crippen LogP contribution in [0.4, 0.5) is 23.2 Å². The van der Waals surface area contributed by atoms with Crippen molar-refractivity contribution in [3.63, 3.8) is 0 Å². The largest absolute Gasteiger partial charge is 0.417 e. The highest BCUT2D eigenvalue weighted by atomic mass is 19.4. The van der Waals surface area contributed by atoms with E-state index in [1.54, 1.807) is 0 Å². The van der Waals surface area contributed by atoms with Gasteiger partial charge in [-0.2, -0.15) is 13.2 Å². The van der Waals surface area contributed by atoms with Gasteiger partial charge in [-0.1, -0.05) is 24.3 Å². The van der Waals surface area contributed by atoms with E-state index in [1.807, 2.05) is 0 Å². The number of hydrogen-bond acceptors (Lipinski definition) is 1. The monoisotopic (exact) mass is 255 g/mol. The maximum atomic E-state index is 13.0. The molecular formula is C13H9F4N. The van der Waals surface area contributed by atoms with E-state index in [1.165, 1.54) is 30.3 Å².